The Hall–Kier alpha value is -3.18. The molecule has 0 saturated carbocycles. The van der Waals surface area contributed by atoms with Gasteiger partial charge in [-0.15, -0.1) is 0 Å². The fraction of sp³-hybridized carbons (Fsp3) is 0.600. The second-order valence-electron chi connectivity index (χ2n) is 9.28. The molecular weight excluding hydrogens is 468 g/mol. The van der Waals surface area contributed by atoms with Crippen molar-refractivity contribution in [3.63, 3.8) is 0 Å². The number of benzene rings is 1. The summed E-state index contributed by atoms with van der Waals surface area (Å²) in [6.07, 6.45) is -0.203. The summed E-state index contributed by atoms with van der Waals surface area (Å²) >= 11 is 0. The average molecular weight is 509 g/mol. The first-order valence-corrected chi connectivity index (χ1v) is 12.2. The maximum absolute atomic E-state index is 13.2. The van der Waals surface area contributed by atoms with E-state index < -0.39 is 54.0 Å². The molecule has 1 aromatic rings. The number of carbonyl (C=O) groups excluding carboxylic acids is 3. The number of carbonyl (C=O) groups is 4. The molecule has 0 heterocycles. The first kappa shape index (κ1) is 30.9. The summed E-state index contributed by atoms with van der Waals surface area (Å²) in [5.41, 5.74) is 6.64. The van der Waals surface area contributed by atoms with Gasteiger partial charge in [-0.3, -0.25) is 14.4 Å². The van der Waals surface area contributed by atoms with Gasteiger partial charge in [0, 0.05) is 6.42 Å². The number of carboxylic acids is 1. The summed E-state index contributed by atoms with van der Waals surface area (Å²) < 4.78 is 0. The zero-order chi connectivity index (χ0) is 27.6. The fourth-order valence-corrected chi connectivity index (χ4v) is 3.44. The van der Waals surface area contributed by atoms with Crippen LogP contribution in [0.25, 0.3) is 0 Å². The Bertz CT molecular complexity index is 891. The largest absolute Gasteiger partial charge is 0.508 e. The van der Waals surface area contributed by atoms with Crippen molar-refractivity contribution in [1.29, 1.82) is 0 Å². The Morgan fingerprint density at radius 2 is 1.36 bits per heavy atom. The molecule has 0 radical (unpaired) electrons. The van der Waals surface area contributed by atoms with E-state index >= 15 is 0 Å². The number of aliphatic hydroxyl groups excluding tert-OH is 1. The van der Waals surface area contributed by atoms with E-state index in [1.54, 1.807) is 26.0 Å². The van der Waals surface area contributed by atoms with E-state index in [1.165, 1.54) is 19.1 Å². The van der Waals surface area contributed by atoms with Crippen LogP contribution in [-0.2, 0) is 25.6 Å². The fourth-order valence-electron chi connectivity index (χ4n) is 3.44. The molecule has 0 spiro atoms. The molecule has 3 amide bonds. The van der Waals surface area contributed by atoms with E-state index in [2.05, 4.69) is 16.0 Å². The Morgan fingerprint density at radius 3 is 1.83 bits per heavy atom. The number of rotatable bonds is 14. The number of nitrogens with two attached hydrogens (primary N) is 1. The van der Waals surface area contributed by atoms with Crippen molar-refractivity contribution in [1.82, 2.24) is 16.0 Å². The molecule has 0 aliphatic rings. The summed E-state index contributed by atoms with van der Waals surface area (Å²) in [6.45, 7) is 8.42. The van der Waals surface area contributed by atoms with Gasteiger partial charge in [-0.05, 0) is 36.5 Å². The number of hydrogen-bond acceptors (Lipinski definition) is 7. The highest BCUT2D eigenvalue weighted by molar-refractivity contribution is 5.94. The molecule has 0 bridgehead atoms. The van der Waals surface area contributed by atoms with Crippen LogP contribution in [0.15, 0.2) is 24.3 Å². The van der Waals surface area contributed by atoms with Crippen molar-refractivity contribution < 1.29 is 34.5 Å². The van der Waals surface area contributed by atoms with Gasteiger partial charge in [-0.1, -0.05) is 52.7 Å². The zero-order valence-electron chi connectivity index (χ0n) is 21.5. The van der Waals surface area contributed by atoms with Crippen molar-refractivity contribution in [3.8, 4) is 5.75 Å². The summed E-state index contributed by atoms with van der Waals surface area (Å²) in [6, 6.07) is 1.34. The van der Waals surface area contributed by atoms with E-state index in [-0.39, 0.29) is 24.0 Å². The van der Waals surface area contributed by atoms with Crippen molar-refractivity contribution in [2.45, 2.75) is 84.2 Å². The number of hydrogen-bond donors (Lipinski definition) is 7. The van der Waals surface area contributed by atoms with Crippen molar-refractivity contribution >= 4 is 23.7 Å². The molecule has 0 fully saturated rings. The molecule has 1 rings (SSSR count). The molecule has 36 heavy (non-hydrogen) atoms. The van der Waals surface area contributed by atoms with E-state index in [0.29, 0.717) is 18.4 Å². The van der Waals surface area contributed by atoms with E-state index in [4.69, 9.17) is 5.73 Å². The average Bonchev–Trinajstić information content (AvgIpc) is 2.84. The van der Waals surface area contributed by atoms with Gasteiger partial charge in [0.2, 0.25) is 17.7 Å². The van der Waals surface area contributed by atoms with Gasteiger partial charge in [-0.25, -0.2) is 4.79 Å². The van der Waals surface area contributed by atoms with Gasteiger partial charge >= 0.3 is 5.97 Å². The minimum atomic E-state index is -1.47. The lowest BCUT2D eigenvalue weighted by Gasteiger charge is -2.28. The number of phenols is 1. The predicted octanol–water partition coefficient (Wildman–Crippen LogP) is 0.274. The second kappa shape index (κ2) is 14.4. The molecule has 11 heteroatoms. The SMILES string of the molecule is CCC(C)C(N)C(=O)NC(Cc1ccc(O)cc1)C(=O)NC(C(=O)NC(C(=O)O)C(C)CC)C(C)O. The van der Waals surface area contributed by atoms with Gasteiger partial charge < -0.3 is 37.0 Å². The molecule has 1 aromatic carbocycles. The Balaban J connectivity index is 3.14. The lowest BCUT2D eigenvalue weighted by Crippen LogP contribution is -2.61. The summed E-state index contributed by atoms with van der Waals surface area (Å²) in [5, 5.41) is 36.6. The summed E-state index contributed by atoms with van der Waals surface area (Å²) in [5.74, 6) is -3.91. The second-order valence-corrected chi connectivity index (χ2v) is 9.28. The highest BCUT2D eigenvalue weighted by atomic mass is 16.4. The van der Waals surface area contributed by atoms with Gasteiger partial charge in [0.15, 0.2) is 0 Å². The van der Waals surface area contributed by atoms with Crippen LogP contribution in [0, 0.1) is 11.8 Å². The standard InChI is InChI=1S/C25H40N4O7/c1-6-13(3)19(26)23(33)27-18(12-16-8-10-17(31)11-9-16)22(32)29-21(15(5)30)24(34)28-20(25(35)36)14(4)7-2/h8-11,13-15,18-21,30-31H,6-7,12,26H2,1-5H3,(H,27,33)(H,28,34)(H,29,32)(H,35,36). The van der Waals surface area contributed by atoms with Crippen LogP contribution in [0.2, 0.25) is 0 Å². The van der Waals surface area contributed by atoms with Crippen LogP contribution < -0.4 is 21.7 Å². The lowest BCUT2D eigenvalue weighted by molar-refractivity contribution is -0.144. The van der Waals surface area contributed by atoms with Crippen molar-refractivity contribution in [2.24, 2.45) is 17.6 Å². The smallest absolute Gasteiger partial charge is 0.326 e. The molecule has 0 aromatic heterocycles. The van der Waals surface area contributed by atoms with Crippen LogP contribution in [0.4, 0.5) is 0 Å². The number of carboxylic acid groups (broad SMARTS) is 1. The van der Waals surface area contributed by atoms with Crippen LogP contribution in [0.1, 0.15) is 53.0 Å². The predicted molar refractivity (Wildman–Crippen MR) is 134 cm³/mol. The highest BCUT2D eigenvalue weighted by Gasteiger charge is 2.34. The number of phenolic OH excluding ortho intramolecular Hbond substituents is 1. The van der Waals surface area contributed by atoms with Gasteiger partial charge in [0.1, 0.15) is 23.9 Å². The first-order valence-electron chi connectivity index (χ1n) is 12.2. The molecule has 7 unspecified atom stereocenters. The molecular formula is C25H40N4O7. The molecule has 8 N–H and O–H groups in total. The van der Waals surface area contributed by atoms with Gasteiger partial charge in [-0.2, -0.15) is 0 Å². The minimum Gasteiger partial charge on any atom is -0.508 e. The molecule has 11 nitrogen and oxygen atoms in total. The highest BCUT2D eigenvalue weighted by Crippen LogP contribution is 2.13. The third-order valence-electron chi connectivity index (χ3n) is 6.41. The maximum Gasteiger partial charge on any atom is 0.326 e. The van der Waals surface area contributed by atoms with Crippen LogP contribution in [-0.4, -0.2) is 69.3 Å². The molecule has 0 aliphatic carbocycles. The van der Waals surface area contributed by atoms with Crippen LogP contribution >= 0.6 is 0 Å². The topological polar surface area (TPSA) is 191 Å². The third-order valence-corrected chi connectivity index (χ3v) is 6.41. The maximum atomic E-state index is 13.2. The molecule has 202 valence electrons. The number of amides is 3. The van der Waals surface area contributed by atoms with Crippen molar-refractivity contribution in [2.75, 3.05) is 0 Å². The number of aliphatic carboxylic acids is 1. The zero-order valence-corrected chi connectivity index (χ0v) is 21.5. The van der Waals surface area contributed by atoms with Crippen LogP contribution in [0.3, 0.4) is 0 Å². The van der Waals surface area contributed by atoms with Gasteiger partial charge in [0.25, 0.3) is 0 Å². The molecule has 0 aliphatic heterocycles. The Labute approximate surface area is 211 Å². The number of nitrogens with one attached hydrogen (secondary N) is 3. The monoisotopic (exact) mass is 508 g/mol. The Morgan fingerprint density at radius 1 is 0.833 bits per heavy atom. The minimum absolute atomic E-state index is 0.0177. The first-order chi connectivity index (χ1) is 16.8. The molecule has 7 atom stereocenters. The van der Waals surface area contributed by atoms with Crippen LogP contribution in [0.5, 0.6) is 5.75 Å². The van der Waals surface area contributed by atoms with E-state index in [1.807, 2.05) is 13.8 Å². The molecule has 0 saturated heterocycles. The summed E-state index contributed by atoms with van der Waals surface area (Å²) in [7, 11) is 0. The Kier molecular flexibility index (Phi) is 12.3. The van der Waals surface area contributed by atoms with Gasteiger partial charge in [0.05, 0.1) is 12.1 Å². The third kappa shape index (κ3) is 9.12. The quantitative estimate of drug-likeness (QED) is 0.186. The van der Waals surface area contributed by atoms with E-state index in [9.17, 15) is 34.5 Å². The lowest BCUT2D eigenvalue weighted by atomic mass is 9.97. The van der Waals surface area contributed by atoms with Crippen molar-refractivity contribution in [3.05, 3.63) is 29.8 Å². The number of aromatic hydroxyl groups is 1. The van der Waals surface area contributed by atoms with E-state index in [0.717, 1.165) is 0 Å². The summed E-state index contributed by atoms with van der Waals surface area (Å²) in [4.78, 5) is 50.4. The normalized spacial score (nSPS) is 17.0. The number of aliphatic hydroxyl groups is 1.